The molecule has 0 radical (unpaired) electrons. The maximum absolute atomic E-state index is 13.4. The second kappa shape index (κ2) is 11.3. The lowest BCUT2D eigenvalue weighted by atomic mass is 10.3. The molecule has 170 valence electrons. The fraction of sp³-hybridized carbons (Fsp3) is 0.120. The summed E-state index contributed by atoms with van der Waals surface area (Å²) in [4.78, 5) is 25.9. The lowest BCUT2D eigenvalue weighted by Crippen LogP contribution is -2.30. The molecule has 0 fully saturated rings. The number of carbonyl (C=O) groups is 2. The summed E-state index contributed by atoms with van der Waals surface area (Å²) in [6, 6.07) is 19.2. The van der Waals surface area contributed by atoms with Gasteiger partial charge >= 0.3 is 12.1 Å². The van der Waals surface area contributed by atoms with Crippen LogP contribution in [-0.2, 0) is 20.4 Å². The van der Waals surface area contributed by atoms with Crippen LogP contribution in [0.25, 0.3) is 0 Å². The van der Waals surface area contributed by atoms with Crippen molar-refractivity contribution >= 4 is 23.0 Å². The first-order valence-electron chi connectivity index (χ1n) is 9.97. The van der Waals surface area contributed by atoms with Gasteiger partial charge < -0.3 is 14.8 Å². The minimum atomic E-state index is -0.690. The number of hydrogen-bond acceptors (Lipinski definition) is 4. The Balaban J connectivity index is 1.68. The van der Waals surface area contributed by atoms with Crippen LogP contribution in [0.15, 0.2) is 99.6 Å². The maximum atomic E-state index is 13.4. The molecule has 1 amide bonds. The smallest absolute Gasteiger partial charge is 0.412 e. The van der Waals surface area contributed by atoms with Gasteiger partial charge in [-0.3, -0.25) is 0 Å². The lowest BCUT2D eigenvalue weighted by molar-refractivity contribution is -0.138. The van der Waals surface area contributed by atoms with Gasteiger partial charge in [0.05, 0.1) is 17.4 Å². The van der Waals surface area contributed by atoms with Crippen LogP contribution in [0.1, 0.15) is 6.92 Å². The van der Waals surface area contributed by atoms with Gasteiger partial charge in [-0.25, -0.2) is 18.4 Å². The second-order valence-electron chi connectivity index (χ2n) is 6.92. The number of nitrogens with one attached hydrogen (secondary N) is 1. The number of halogens is 2. The lowest BCUT2D eigenvalue weighted by Gasteiger charge is -2.10. The molecule has 0 aromatic heterocycles. The van der Waals surface area contributed by atoms with Crippen molar-refractivity contribution in [1.29, 1.82) is 0 Å². The number of hydrogen-bond donors (Lipinski definition) is 1. The first-order chi connectivity index (χ1) is 15.8. The van der Waals surface area contributed by atoms with E-state index in [1.54, 1.807) is 48.5 Å². The molecule has 0 aliphatic rings. The van der Waals surface area contributed by atoms with E-state index in [1.165, 1.54) is 31.2 Å². The normalized spacial score (nSPS) is 10.5. The second-order valence-corrected chi connectivity index (χ2v) is 8.94. The molecule has 0 aliphatic heterocycles. The Hall–Kier alpha value is -3.65. The average Bonchev–Trinajstić information content (AvgIpc) is 2.80. The molecule has 1 N–H and O–H groups in total. The van der Waals surface area contributed by atoms with Crippen LogP contribution in [0.2, 0.25) is 0 Å². The van der Waals surface area contributed by atoms with Crippen LogP contribution in [0.3, 0.4) is 0 Å². The van der Waals surface area contributed by atoms with Crippen molar-refractivity contribution in [2.75, 3.05) is 13.2 Å². The molecule has 3 aromatic carbocycles. The van der Waals surface area contributed by atoms with Gasteiger partial charge in [0, 0.05) is 5.57 Å². The third-order valence-electron chi connectivity index (χ3n) is 4.32. The molecule has 0 saturated heterocycles. The molecule has 8 heteroatoms. The fourth-order valence-electron chi connectivity index (χ4n) is 2.76. The summed E-state index contributed by atoms with van der Waals surface area (Å²) in [5, 5.41) is 2.49. The Labute approximate surface area is 193 Å². The number of benzene rings is 3. The number of esters is 1. The van der Waals surface area contributed by atoms with E-state index < -0.39 is 23.0 Å². The summed E-state index contributed by atoms with van der Waals surface area (Å²) in [6.07, 6.45) is -0.690. The highest BCUT2D eigenvalue weighted by Gasteiger charge is 2.29. The molecule has 0 unspecified atom stereocenters. The van der Waals surface area contributed by atoms with E-state index in [9.17, 15) is 18.4 Å². The standard InChI is InChI=1S/C25H21F2NO4S/c1-17(2)24(29)31-16-15-28-25(30)32-20-7-13-23(14-8-20)33(21-9-3-18(26)4-10-21)22-11-5-19(27)6-12-22/h3-14H,1,15-16H2,2H3/p+1. The molecule has 0 spiro atoms. The summed E-state index contributed by atoms with van der Waals surface area (Å²) in [5.41, 5.74) is 0.276. The minimum Gasteiger partial charge on any atom is -0.460 e. The van der Waals surface area contributed by atoms with Crippen molar-refractivity contribution in [2.24, 2.45) is 0 Å². The van der Waals surface area contributed by atoms with E-state index >= 15 is 0 Å². The molecule has 3 aromatic rings. The molecular weight excluding hydrogens is 448 g/mol. The van der Waals surface area contributed by atoms with Gasteiger partial charge in [0.2, 0.25) is 0 Å². The SMILES string of the molecule is C=C(C)C(=O)OCCNC(=O)Oc1ccc([S+](c2ccc(F)cc2)c2ccc(F)cc2)cc1. The molecule has 0 bridgehead atoms. The summed E-state index contributed by atoms with van der Waals surface area (Å²) in [6.45, 7) is 5.09. The zero-order chi connectivity index (χ0) is 23.8. The Kier molecular flexibility index (Phi) is 8.21. The van der Waals surface area contributed by atoms with E-state index in [2.05, 4.69) is 11.9 Å². The van der Waals surface area contributed by atoms with Crippen molar-refractivity contribution in [1.82, 2.24) is 5.32 Å². The van der Waals surface area contributed by atoms with Crippen LogP contribution < -0.4 is 10.1 Å². The zero-order valence-corrected chi connectivity index (χ0v) is 18.7. The van der Waals surface area contributed by atoms with E-state index in [0.717, 1.165) is 14.7 Å². The molecule has 0 atom stereocenters. The third-order valence-corrected chi connectivity index (χ3v) is 6.55. The Morgan fingerprint density at radius 1 is 0.848 bits per heavy atom. The van der Waals surface area contributed by atoms with Crippen LogP contribution in [-0.4, -0.2) is 25.2 Å². The fourth-order valence-corrected chi connectivity index (χ4v) is 4.80. The maximum Gasteiger partial charge on any atom is 0.412 e. The monoisotopic (exact) mass is 470 g/mol. The van der Waals surface area contributed by atoms with Gasteiger partial charge in [-0.1, -0.05) is 6.58 Å². The van der Waals surface area contributed by atoms with Crippen molar-refractivity contribution in [3.8, 4) is 5.75 Å². The van der Waals surface area contributed by atoms with E-state index in [-0.39, 0.29) is 30.4 Å². The summed E-state index contributed by atoms with van der Waals surface area (Å²) in [7, 11) is -0.612. The highest BCUT2D eigenvalue weighted by atomic mass is 32.2. The first kappa shape index (κ1) is 24.0. The van der Waals surface area contributed by atoms with Gasteiger partial charge in [0.1, 0.15) is 24.0 Å². The van der Waals surface area contributed by atoms with Crippen molar-refractivity contribution < 1.29 is 27.8 Å². The topological polar surface area (TPSA) is 64.6 Å². The van der Waals surface area contributed by atoms with Gasteiger partial charge in [-0.2, -0.15) is 0 Å². The molecule has 33 heavy (non-hydrogen) atoms. The van der Waals surface area contributed by atoms with Gasteiger partial charge in [-0.15, -0.1) is 0 Å². The number of amides is 1. The van der Waals surface area contributed by atoms with Gasteiger partial charge in [0.25, 0.3) is 0 Å². The summed E-state index contributed by atoms with van der Waals surface area (Å²) in [5.74, 6) is -0.897. The Morgan fingerprint density at radius 3 is 1.76 bits per heavy atom. The van der Waals surface area contributed by atoms with Crippen molar-refractivity contribution in [3.63, 3.8) is 0 Å². The highest BCUT2D eigenvalue weighted by molar-refractivity contribution is 7.97. The molecule has 3 rings (SSSR count). The first-order valence-corrected chi connectivity index (χ1v) is 11.2. The number of ether oxygens (including phenoxy) is 2. The summed E-state index contributed by atoms with van der Waals surface area (Å²) >= 11 is 0. The van der Waals surface area contributed by atoms with Gasteiger partial charge in [-0.05, 0) is 79.7 Å². The average molecular weight is 471 g/mol. The summed E-state index contributed by atoms with van der Waals surface area (Å²) < 4.78 is 37.0. The zero-order valence-electron chi connectivity index (χ0n) is 17.8. The predicted octanol–water partition coefficient (Wildman–Crippen LogP) is 5.27. The molecular formula is C25H22F2NO4S+. The van der Waals surface area contributed by atoms with Crippen LogP contribution in [0, 0.1) is 11.6 Å². The van der Waals surface area contributed by atoms with E-state index in [4.69, 9.17) is 9.47 Å². The van der Waals surface area contributed by atoms with E-state index in [0.29, 0.717) is 5.75 Å². The van der Waals surface area contributed by atoms with E-state index in [1.807, 2.05) is 0 Å². The number of rotatable bonds is 8. The van der Waals surface area contributed by atoms with Gasteiger partial charge in [0.15, 0.2) is 14.7 Å². The number of carbonyl (C=O) groups excluding carboxylic acids is 2. The highest BCUT2D eigenvalue weighted by Crippen LogP contribution is 2.32. The van der Waals surface area contributed by atoms with Crippen LogP contribution >= 0.6 is 0 Å². The molecule has 0 aliphatic carbocycles. The van der Waals surface area contributed by atoms with Crippen molar-refractivity contribution in [3.05, 3.63) is 96.6 Å². The molecule has 0 heterocycles. The Morgan fingerprint density at radius 2 is 1.30 bits per heavy atom. The Bertz CT molecular complexity index is 1070. The van der Waals surface area contributed by atoms with Crippen LogP contribution in [0.4, 0.5) is 13.6 Å². The van der Waals surface area contributed by atoms with Crippen molar-refractivity contribution in [2.45, 2.75) is 21.6 Å². The largest absolute Gasteiger partial charge is 0.460 e. The molecule has 0 saturated carbocycles. The predicted molar refractivity (Wildman–Crippen MR) is 121 cm³/mol. The quantitative estimate of drug-likeness (QED) is 0.211. The minimum absolute atomic E-state index is 0.00211. The third kappa shape index (κ3) is 6.92. The molecule has 5 nitrogen and oxygen atoms in total. The van der Waals surface area contributed by atoms with Crippen LogP contribution in [0.5, 0.6) is 5.75 Å².